The van der Waals surface area contributed by atoms with E-state index < -0.39 is 10.0 Å². The second-order valence-corrected chi connectivity index (χ2v) is 7.42. The maximum atomic E-state index is 12.3. The molecule has 0 aromatic heterocycles. The fourth-order valence-electron chi connectivity index (χ4n) is 1.96. The molecule has 4 nitrogen and oxygen atoms in total. The van der Waals surface area contributed by atoms with Gasteiger partial charge in [-0.05, 0) is 66.2 Å². The third kappa shape index (κ3) is 2.87. The van der Waals surface area contributed by atoms with E-state index >= 15 is 0 Å². The van der Waals surface area contributed by atoms with E-state index in [1.807, 2.05) is 6.92 Å². The average molecular weight is 333 g/mol. The van der Waals surface area contributed by atoms with Crippen LogP contribution >= 0.6 is 15.9 Å². The van der Waals surface area contributed by atoms with E-state index in [0.29, 0.717) is 21.6 Å². The number of nitrogens with two attached hydrogens (primary N) is 1. The van der Waals surface area contributed by atoms with Gasteiger partial charge >= 0.3 is 0 Å². The molecule has 1 unspecified atom stereocenters. The van der Waals surface area contributed by atoms with Crippen LogP contribution < -0.4 is 10.5 Å². The van der Waals surface area contributed by atoms with Gasteiger partial charge in [0.25, 0.3) is 0 Å². The normalized spacial score (nSPS) is 17.7. The first-order chi connectivity index (χ1) is 8.31. The lowest BCUT2D eigenvalue weighted by Gasteiger charge is -2.15. The molecule has 1 aliphatic rings. The molecule has 0 heterocycles. The summed E-state index contributed by atoms with van der Waals surface area (Å²) in [5.41, 5.74) is 6.87. The minimum atomic E-state index is -3.49. The van der Waals surface area contributed by atoms with Crippen LogP contribution in [0.3, 0.4) is 0 Å². The molecular formula is C12H17BrN2O2S. The number of sulfonamides is 1. The third-order valence-electron chi connectivity index (χ3n) is 3.25. The predicted octanol–water partition coefficient (Wildman–Crippen LogP) is 2.42. The SMILES string of the molecule is Cc1cc(Br)c(N)cc1S(=O)(=O)NC(C)C1CC1. The van der Waals surface area contributed by atoms with Crippen LogP contribution in [0.2, 0.25) is 0 Å². The number of nitrogen functional groups attached to an aromatic ring is 1. The molecule has 1 aliphatic carbocycles. The van der Waals surface area contributed by atoms with Gasteiger partial charge in [-0.15, -0.1) is 0 Å². The molecule has 0 saturated heterocycles. The third-order valence-corrected chi connectivity index (χ3v) is 5.64. The molecule has 1 atom stereocenters. The van der Waals surface area contributed by atoms with Crippen molar-refractivity contribution in [2.45, 2.75) is 37.6 Å². The van der Waals surface area contributed by atoms with Crippen LogP contribution in [0.25, 0.3) is 0 Å². The first kappa shape index (κ1) is 13.8. The highest BCUT2D eigenvalue weighted by Crippen LogP contribution is 2.33. The highest BCUT2D eigenvalue weighted by Gasteiger charge is 2.31. The van der Waals surface area contributed by atoms with E-state index in [-0.39, 0.29) is 10.9 Å². The summed E-state index contributed by atoms with van der Waals surface area (Å²) in [6, 6.07) is 3.21. The van der Waals surface area contributed by atoms with Crippen LogP contribution in [0.1, 0.15) is 25.3 Å². The molecule has 1 fully saturated rings. The van der Waals surface area contributed by atoms with E-state index in [4.69, 9.17) is 5.73 Å². The second kappa shape index (κ2) is 4.83. The number of hydrogen-bond donors (Lipinski definition) is 2. The van der Waals surface area contributed by atoms with Gasteiger partial charge in [-0.3, -0.25) is 0 Å². The summed E-state index contributed by atoms with van der Waals surface area (Å²) in [5.74, 6) is 0.480. The Bertz CT molecular complexity index is 568. The maximum absolute atomic E-state index is 12.3. The lowest BCUT2D eigenvalue weighted by atomic mass is 10.2. The summed E-state index contributed by atoms with van der Waals surface area (Å²) in [6.45, 7) is 3.67. The fraction of sp³-hybridized carbons (Fsp3) is 0.500. The fourth-order valence-corrected chi connectivity index (χ4v) is 3.99. The first-order valence-corrected chi connectivity index (χ1v) is 8.17. The van der Waals surface area contributed by atoms with E-state index in [0.717, 1.165) is 12.8 Å². The number of anilines is 1. The van der Waals surface area contributed by atoms with E-state index in [1.165, 1.54) is 6.07 Å². The molecule has 0 bridgehead atoms. The summed E-state index contributed by atoms with van der Waals surface area (Å²) in [5, 5.41) is 0. The number of benzene rings is 1. The van der Waals surface area contributed by atoms with Crippen LogP contribution in [0.4, 0.5) is 5.69 Å². The quantitative estimate of drug-likeness (QED) is 0.831. The molecule has 1 aromatic carbocycles. The second-order valence-electron chi connectivity index (χ2n) is 4.89. The summed E-state index contributed by atoms with van der Waals surface area (Å²) >= 11 is 3.29. The number of hydrogen-bond acceptors (Lipinski definition) is 3. The van der Waals surface area contributed by atoms with Crippen LogP contribution in [-0.4, -0.2) is 14.5 Å². The molecule has 1 saturated carbocycles. The maximum Gasteiger partial charge on any atom is 0.241 e. The Balaban J connectivity index is 2.31. The Kier molecular flexibility index (Phi) is 3.71. The van der Waals surface area contributed by atoms with Gasteiger partial charge in [0, 0.05) is 16.2 Å². The van der Waals surface area contributed by atoms with Crippen LogP contribution in [0.15, 0.2) is 21.5 Å². The highest BCUT2D eigenvalue weighted by atomic mass is 79.9. The van der Waals surface area contributed by atoms with E-state index in [9.17, 15) is 8.42 Å². The molecule has 3 N–H and O–H groups in total. The molecule has 1 aromatic rings. The Morgan fingerprint density at radius 1 is 1.44 bits per heavy atom. The minimum absolute atomic E-state index is 0.0146. The van der Waals surface area contributed by atoms with Crippen molar-refractivity contribution in [3.8, 4) is 0 Å². The molecule has 0 aliphatic heterocycles. The van der Waals surface area contributed by atoms with E-state index in [1.54, 1.807) is 13.0 Å². The largest absolute Gasteiger partial charge is 0.398 e. The van der Waals surface area contributed by atoms with Crippen molar-refractivity contribution >= 4 is 31.6 Å². The predicted molar refractivity (Wildman–Crippen MR) is 75.8 cm³/mol. The monoisotopic (exact) mass is 332 g/mol. The summed E-state index contributed by atoms with van der Waals surface area (Å²) in [7, 11) is -3.49. The Morgan fingerprint density at radius 3 is 2.61 bits per heavy atom. The summed E-state index contributed by atoms with van der Waals surface area (Å²) in [6.07, 6.45) is 2.20. The Morgan fingerprint density at radius 2 is 2.06 bits per heavy atom. The lowest BCUT2D eigenvalue weighted by Crippen LogP contribution is -2.34. The van der Waals surface area contributed by atoms with Gasteiger partial charge in [0.15, 0.2) is 0 Å². The van der Waals surface area contributed by atoms with Gasteiger partial charge in [-0.25, -0.2) is 13.1 Å². The van der Waals surface area contributed by atoms with Crippen LogP contribution in [0, 0.1) is 12.8 Å². The highest BCUT2D eigenvalue weighted by molar-refractivity contribution is 9.10. The Labute approximate surface area is 116 Å². The average Bonchev–Trinajstić information content (AvgIpc) is 3.05. The molecule has 18 heavy (non-hydrogen) atoms. The van der Waals surface area contributed by atoms with Crippen molar-refractivity contribution in [1.82, 2.24) is 4.72 Å². The smallest absolute Gasteiger partial charge is 0.241 e. The van der Waals surface area contributed by atoms with E-state index in [2.05, 4.69) is 20.7 Å². The molecule has 100 valence electrons. The number of nitrogens with one attached hydrogen (secondary N) is 1. The van der Waals surface area contributed by atoms with Crippen molar-refractivity contribution in [2.75, 3.05) is 5.73 Å². The molecular weight excluding hydrogens is 316 g/mol. The van der Waals surface area contributed by atoms with Gasteiger partial charge in [0.2, 0.25) is 10.0 Å². The van der Waals surface area contributed by atoms with Gasteiger partial charge in [-0.2, -0.15) is 0 Å². The van der Waals surface area contributed by atoms with Gasteiger partial charge in [0.1, 0.15) is 0 Å². The first-order valence-electron chi connectivity index (χ1n) is 5.89. The molecule has 2 rings (SSSR count). The van der Waals surface area contributed by atoms with Gasteiger partial charge in [-0.1, -0.05) is 0 Å². The number of halogens is 1. The van der Waals surface area contributed by atoms with Crippen molar-refractivity contribution in [1.29, 1.82) is 0 Å². The molecule has 6 heteroatoms. The van der Waals surface area contributed by atoms with Crippen molar-refractivity contribution in [2.24, 2.45) is 5.92 Å². The van der Waals surface area contributed by atoms with Gasteiger partial charge in [0.05, 0.1) is 4.90 Å². The Hall–Kier alpha value is -0.590. The van der Waals surface area contributed by atoms with Crippen LogP contribution in [0.5, 0.6) is 0 Å². The zero-order valence-electron chi connectivity index (χ0n) is 10.4. The van der Waals surface area contributed by atoms with Crippen LogP contribution in [-0.2, 0) is 10.0 Å². The van der Waals surface area contributed by atoms with Crippen molar-refractivity contribution in [3.05, 3.63) is 22.2 Å². The standard InChI is InChI=1S/C12H17BrN2O2S/c1-7-5-10(13)11(14)6-12(7)18(16,17)15-8(2)9-3-4-9/h5-6,8-9,15H,3-4,14H2,1-2H3. The van der Waals surface area contributed by atoms with Crippen molar-refractivity contribution in [3.63, 3.8) is 0 Å². The summed E-state index contributed by atoms with van der Waals surface area (Å²) in [4.78, 5) is 0.260. The van der Waals surface area contributed by atoms with Gasteiger partial charge < -0.3 is 5.73 Å². The molecule has 0 spiro atoms. The summed E-state index contributed by atoms with van der Waals surface area (Å²) < 4.78 is 28.0. The number of aryl methyl sites for hydroxylation is 1. The zero-order chi connectivity index (χ0) is 13.5. The molecule has 0 amide bonds. The lowest BCUT2D eigenvalue weighted by molar-refractivity contribution is 0.537. The topological polar surface area (TPSA) is 72.2 Å². The number of rotatable bonds is 4. The minimum Gasteiger partial charge on any atom is -0.398 e. The van der Waals surface area contributed by atoms with Crippen molar-refractivity contribution < 1.29 is 8.42 Å². The molecule has 0 radical (unpaired) electrons. The zero-order valence-corrected chi connectivity index (χ0v) is 12.8.